The van der Waals surface area contributed by atoms with Crippen LogP contribution in [0.15, 0.2) is 35.1 Å². The molecule has 0 unspecified atom stereocenters. The van der Waals surface area contributed by atoms with Crippen LogP contribution in [0.5, 0.6) is 17.4 Å². The van der Waals surface area contributed by atoms with Crippen molar-refractivity contribution in [3.05, 3.63) is 40.2 Å². The number of halogens is 2. The molecule has 0 saturated heterocycles. The lowest BCUT2D eigenvalue weighted by molar-refractivity contribution is 0.206. The second kappa shape index (κ2) is 7.31. The van der Waals surface area contributed by atoms with Crippen LogP contribution in [-0.2, 0) is 0 Å². The van der Waals surface area contributed by atoms with Crippen LogP contribution in [0.1, 0.15) is 0 Å². The topological polar surface area (TPSA) is 53.5 Å². The molecule has 5 nitrogen and oxygen atoms in total. The first-order valence-corrected chi connectivity index (χ1v) is 6.94. The average molecular weight is 360 g/mol. The van der Waals surface area contributed by atoms with Crippen LogP contribution < -0.4 is 14.2 Å². The molecule has 0 aliphatic carbocycles. The Labute approximate surface area is 130 Å². The third kappa shape index (κ3) is 4.25. The molecule has 106 valence electrons. The maximum Gasteiger partial charge on any atom is 0.214 e. The lowest BCUT2D eigenvalue weighted by Gasteiger charge is -2.11. The van der Waals surface area contributed by atoms with Gasteiger partial charge in [-0.15, -0.1) is 0 Å². The molecular formula is C13H12BrClN2O3. The third-order valence-corrected chi connectivity index (χ3v) is 2.94. The van der Waals surface area contributed by atoms with E-state index in [-0.39, 0.29) is 0 Å². The van der Waals surface area contributed by atoms with E-state index in [2.05, 4.69) is 25.9 Å². The summed E-state index contributed by atoms with van der Waals surface area (Å²) in [6, 6.07) is 6.92. The van der Waals surface area contributed by atoms with Crippen molar-refractivity contribution in [1.82, 2.24) is 9.97 Å². The minimum absolute atomic E-state index is 0.344. The Morgan fingerprint density at radius 1 is 1.20 bits per heavy atom. The first-order chi connectivity index (χ1) is 9.69. The SMILES string of the molecule is COc1cnc(Br)cc1OCCOc1cccc(Cl)n1. The molecule has 2 aromatic rings. The molecule has 2 aromatic heterocycles. The molecular weight excluding hydrogens is 348 g/mol. The smallest absolute Gasteiger partial charge is 0.214 e. The highest BCUT2D eigenvalue weighted by molar-refractivity contribution is 9.10. The monoisotopic (exact) mass is 358 g/mol. The fraction of sp³-hybridized carbons (Fsp3) is 0.231. The van der Waals surface area contributed by atoms with Crippen LogP contribution >= 0.6 is 27.5 Å². The predicted octanol–water partition coefficient (Wildman–Crippen LogP) is 3.36. The van der Waals surface area contributed by atoms with Gasteiger partial charge in [0.15, 0.2) is 11.5 Å². The Hall–Kier alpha value is -1.53. The third-order valence-electron chi connectivity index (χ3n) is 2.30. The van der Waals surface area contributed by atoms with E-state index in [9.17, 15) is 0 Å². The van der Waals surface area contributed by atoms with Crippen molar-refractivity contribution in [3.63, 3.8) is 0 Å². The summed E-state index contributed by atoms with van der Waals surface area (Å²) in [4.78, 5) is 8.06. The van der Waals surface area contributed by atoms with Gasteiger partial charge < -0.3 is 14.2 Å². The van der Waals surface area contributed by atoms with Crippen LogP contribution in [0.3, 0.4) is 0 Å². The van der Waals surface area contributed by atoms with E-state index in [0.717, 1.165) is 0 Å². The highest BCUT2D eigenvalue weighted by Gasteiger charge is 2.06. The zero-order valence-electron chi connectivity index (χ0n) is 10.7. The summed E-state index contributed by atoms with van der Waals surface area (Å²) in [5, 5.41) is 0.392. The summed E-state index contributed by atoms with van der Waals surface area (Å²) >= 11 is 9.04. The van der Waals surface area contributed by atoms with Crippen molar-refractivity contribution in [1.29, 1.82) is 0 Å². The Morgan fingerprint density at radius 3 is 2.75 bits per heavy atom. The van der Waals surface area contributed by atoms with Crippen molar-refractivity contribution in [3.8, 4) is 17.4 Å². The van der Waals surface area contributed by atoms with Gasteiger partial charge in [-0.1, -0.05) is 17.7 Å². The number of rotatable bonds is 6. The summed E-state index contributed by atoms with van der Waals surface area (Å²) in [7, 11) is 1.56. The first-order valence-electron chi connectivity index (χ1n) is 5.76. The molecule has 0 fully saturated rings. The van der Waals surface area contributed by atoms with Crippen molar-refractivity contribution < 1.29 is 14.2 Å². The molecule has 0 saturated carbocycles. The molecule has 0 N–H and O–H groups in total. The molecule has 20 heavy (non-hydrogen) atoms. The van der Waals surface area contributed by atoms with Gasteiger partial charge in [-0.05, 0) is 22.0 Å². The van der Waals surface area contributed by atoms with Gasteiger partial charge >= 0.3 is 0 Å². The van der Waals surface area contributed by atoms with E-state index in [1.54, 1.807) is 37.6 Å². The second-order valence-electron chi connectivity index (χ2n) is 3.65. The molecule has 2 heterocycles. The molecule has 0 aliphatic heterocycles. The van der Waals surface area contributed by atoms with Crippen molar-refractivity contribution in [2.45, 2.75) is 0 Å². The van der Waals surface area contributed by atoms with Gasteiger partial charge in [0.1, 0.15) is 23.0 Å². The van der Waals surface area contributed by atoms with Crippen LogP contribution in [0.4, 0.5) is 0 Å². The van der Waals surface area contributed by atoms with Gasteiger partial charge in [0, 0.05) is 12.1 Å². The number of aromatic nitrogens is 2. The summed E-state index contributed by atoms with van der Waals surface area (Å²) in [5.41, 5.74) is 0. The van der Waals surface area contributed by atoms with E-state index in [4.69, 9.17) is 25.8 Å². The average Bonchev–Trinajstić information content (AvgIpc) is 2.44. The number of nitrogens with zero attached hydrogens (tertiary/aromatic N) is 2. The fourth-order valence-corrected chi connectivity index (χ4v) is 1.90. The van der Waals surface area contributed by atoms with Gasteiger partial charge in [0.05, 0.1) is 13.3 Å². The van der Waals surface area contributed by atoms with E-state index in [1.165, 1.54) is 0 Å². The minimum atomic E-state index is 0.344. The number of methoxy groups -OCH3 is 1. The van der Waals surface area contributed by atoms with Crippen LogP contribution in [0.2, 0.25) is 5.15 Å². The molecule has 0 bridgehead atoms. The van der Waals surface area contributed by atoms with Crippen LogP contribution in [0.25, 0.3) is 0 Å². The molecule has 0 aromatic carbocycles. The summed E-state index contributed by atoms with van der Waals surface area (Å²) < 4.78 is 16.8. The van der Waals surface area contributed by atoms with Crippen LogP contribution in [0, 0.1) is 0 Å². The van der Waals surface area contributed by atoms with Gasteiger partial charge in [-0.25, -0.2) is 9.97 Å². The van der Waals surface area contributed by atoms with Gasteiger partial charge in [-0.2, -0.15) is 0 Å². The van der Waals surface area contributed by atoms with E-state index in [1.807, 2.05) is 0 Å². The normalized spacial score (nSPS) is 10.2. The van der Waals surface area contributed by atoms with Crippen molar-refractivity contribution in [2.75, 3.05) is 20.3 Å². The second-order valence-corrected chi connectivity index (χ2v) is 4.85. The summed E-state index contributed by atoms with van der Waals surface area (Å²) in [6.45, 7) is 0.692. The lowest BCUT2D eigenvalue weighted by atomic mass is 10.4. The van der Waals surface area contributed by atoms with Crippen molar-refractivity contribution >= 4 is 27.5 Å². The Balaban J connectivity index is 1.85. The molecule has 2 rings (SSSR count). The van der Waals surface area contributed by atoms with Gasteiger partial charge in [0.2, 0.25) is 5.88 Å². The number of hydrogen-bond donors (Lipinski definition) is 0. The van der Waals surface area contributed by atoms with E-state index < -0.39 is 0 Å². The van der Waals surface area contributed by atoms with E-state index in [0.29, 0.717) is 40.3 Å². The fourth-order valence-electron chi connectivity index (χ4n) is 1.43. The lowest BCUT2D eigenvalue weighted by Crippen LogP contribution is -2.10. The summed E-state index contributed by atoms with van der Waals surface area (Å²) in [6.07, 6.45) is 1.58. The zero-order valence-corrected chi connectivity index (χ0v) is 13.0. The Morgan fingerprint density at radius 2 is 2.00 bits per heavy atom. The highest BCUT2D eigenvalue weighted by atomic mass is 79.9. The molecule has 0 radical (unpaired) electrons. The Bertz CT molecular complexity index is 583. The molecule has 0 aliphatic rings. The van der Waals surface area contributed by atoms with Crippen molar-refractivity contribution in [2.24, 2.45) is 0 Å². The summed E-state index contributed by atoms with van der Waals surface area (Å²) in [5.74, 6) is 1.62. The Kier molecular flexibility index (Phi) is 5.43. The predicted molar refractivity (Wildman–Crippen MR) is 78.7 cm³/mol. The first kappa shape index (κ1) is 14.9. The largest absolute Gasteiger partial charge is 0.491 e. The molecule has 0 atom stereocenters. The molecule has 0 spiro atoms. The highest BCUT2D eigenvalue weighted by Crippen LogP contribution is 2.28. The maximum atomic E-state index is 5.76. The van der Waals surface area contributed by atoms with Crippen LogP contribution in [-0.4, -0.2) is 30.3 Å². The molecule has 7 heteroatoms. The minimum Gasteiger partial charge on any atom is -0.491 e. The zero-order chi connectivity index (χ0) is 14.4. The number of pyridine rings is 2. The number of hydrogen-bond acceptors (Lipinski definition) is 5. The van der Waals surface area contributed by atoms with E-state index >= 15 is 0 Å². The quantitative estimate of drug-likeness (QED) is 0.585. The molecule has 0 amide bonds. The van der Waals surface area contributed by atoms with Gasteiger partial charge in [-0.3, -0.25) is 0 Å². The maximum absolute atomic E-state index is 5.76. The number of ether oxygens (including phenoxy) is 3. The van der Waals surface area contributed by atoms with Gasteiger partial charge in [0.25, 0.3) is 0 Å². The standard InChI is InChI=1S/C13H12BrClN2O3/c1-18-10-8-16-11(14)7-9(10)19-5-6-20-13-4-2-3-12(15)17-13/h2-4,7-8H,5-6H2,1H3.